The highest BCUT2D eigenvalue weighted by atomic mass is 16.8. The van der Waals surface area contributed by atoms with Crippen molar-refractivity contribution in [2.24, 2.45) is 0 Å². The van der Waals surface area contributed by atoms with Crippen LogP contribution in [0, 0.1) is 12.3 Å². The summed E-state index contributed by atoms with van der Waals surface area (Å²) in [7, 11) is 0. The average Bonchev–Trinajstić information content (AvgIpc) is 2.96. The molecule has 3 saturated heterocycles. The molecule has 118 valence electrons. The van der Waals surface area contributed by atoms with Gasteiger partial charge in [-0.15, -0.1) is 6.42 Å². The van der Waals surface area contributed by atoms with Crippen LogP contribution in [0.15, 0.2) is 0 Å². The molecule has 0 aromatic rings. The molecule has 0 aromatic heterocycles. The van der Waals surface area contributed by atoms with E-state index in [2.05, 4.69) is 5.92 Å². The lowest BCUT2D eigenvalue weighted by molar-refractivity contribution is -0.235. The molecule has 3 heterocycles. The quantitative estimate of drug-likeness (QED) is 0.726. The van der Waals surface area contributed by atoms with Crippen LogP contribution < -0.4 is 0 Å². The molecule has 0 spiro atoms. The van der Waals surface area contributed by atoms with Gasteiger partial charge in [0.2, 0.25) is 0 Å². The Labute approximate surface area is 125 Å². The summed E-state index contributed by atoms with van der Waals surface area (Å²) in [6, 6.07) is 0. The fourth-order valence-corrected chi connectivity index (χ4v) is 3.01. The molecule has 0 bridgehead atoms. The topological polar surface area (TPSA) is 55.4 Å². The Hall–Kier alpha value is -0.680. The molecule has 0 radical (unpaired) electrons. The van der Waals surface area contributed by atoms with E-state index < -0.39 is 17.9 Å². The van der Waals surface area contributed by atoms with Crippen LogP contribution in [0.5, 0.6) is 0 Å². The van der Waals surface area contributed by atoms with Gasteiger partial charge in [0.25, 0.3) is 0 Å². The summed E-state index contributed by atoms with van der Waals surface area (Å²) < 4.78 is 34.8. The third-order valence-electron chi connectivity index (χ3n) is 3.78. The maximum absolute atomic E-state index is 5.96. The summed E-state index contributed by atoms with van der Waals surface area (Å²) in [5.74, 6) is 1.16. The van der Waals surface area contributed by atoms with Gasteiger partial charge in [-0.05, 0) is 27.7 Å². The monoisotopic (exact) mass is 298 g/mol. The molecule has 21 heavy (non-hydrogen) atoms. The third-order valence-corrected chi connectivity index (χ3v) is 3.78. The fourth-order valence-electron chi connectivity index (χ4n) is 3.01. The molecule has 6 nitrogen and oxygen atoms in total. The zero-order chi connectivity index (χ0) is 15.3. The highest BCUT2D eigenvalue weighted by Gasteiger charge is 2.58. The van der Waals surface area contributed by atoms with Gasteiger partial charge >= 0.3 is 0 Å². The van der Waals surface area contributed by atoms with Crippen LogP contribution in [-0.2, 0) is 28.4 Å². The van der Waals surface area contributed by atoms with E-state index in [0.29, 0.717) is 6.61 Å². The summed E-state index contributed by atoms with van der Waals surface area (Å²) >= 11 is 0. The molecule has 0 unspecified atom stereocenters. The van der Waals surface area contributed by atoms with Gasteiger partial charge in [-0.25, -0.2) is 0 Å². The highest BCUT2D eigenvalue weighted by Crippen LogP contribution is 2.41. The molecular weight excluding hydrogens is 276 g/mol. The smallest absolute Gasteiger partial charge is 0.190 e. The minimum atomic E-state index is -0.690. The lowest BCUT2D eigenvalue weighted by atomic mass is 10.1. The van der Waals surface area contributed by atoms with Crippen LogP contribution in [0.2, 0.25) is 0 Å². The summed E-state index contributed by atoms with van der Waals surface area (Å²) in [5.41, 5.74) is 0. The van der Waals surface area contributed by atoms with Gasteiger partial charge in [-0.3, -0.25) is 0 Å². The van der Waals surface area contributed by atoms with Gasteiger partial charge in [-0.2, -0.15) is 0 Å². The molecule has 0 aromatic carbocycles. The van der Waals surface area contributed by atoms with E-state index in [1.54, 1.807) is 0 Å². The van der Waals surface area contributed by atoms with Crippen molar-refractivity contribution in [2.75, 3.05) is 13.2 Å². The van der Waals surface area contributed by atoms with Crippen molar-refractivity contribution in [1.82, 2.24) is 0 Å². The van der Waals surface area contributed by atoms with E-state index >= 15 is 0 Å². The van der Waals surface area contributed by atoms with E-state index in [1.807, 2.05) is 27.7 Å². The lowest BCUT2D eigenvalue weighted by Crippen LogP contribution is -2.44. The van der Waals surface area contributed by atoms with E-state index in [9.17, 15) is 0 Å². The SMILES string of the molecule is C#CCO[C@H]1[C@H]2OC(C)(C)O[C@H]2O[C@@H]1[C@H]1COC(C)(C)O1. The largest absolute Gasteiger partial charge is 0.360 e. The molecule has 0 aliphatic carbocycles. The number of fused-ring (bicyclic) bond motifs is 1. The summed E-state index contributed by atoms with van der Waals surface area (Å²) in [6.07, 6.45) is 3.61. The van der Waals surface area contributed by atoms with E-state index in [4.69, 9.17) is 34.8 Å². The second-order valence-corrected chi connectivity index (χ2v) is 6.42. The van der Waals surface area contributed by atoms with Crippen LogP contribution in [0.4, 0.5) is 0 Å². The Morgan fingerprint density at radius 2 is 1.86 bits per heavy atom. The zero-order valence-corrected chi connectivity index (χ0v) is 12.8. The summed E-state index contributed by atoms with van der Waals surface area (Å²) in [6.45, 7) is 8.07. The number of terminal acetylenes is 1. The normalized spacial score (nSPS) is 43.7. The maximum atomic E-state index is 5.96. The van der Waals surface area contributed by atoms with E-state index in [-0.39, 0.29) is 31.0 Å². The van der Waals surface area contributed by atoms with Gasteiger partial charge in [0.15, 0.2) is 17.9 Å². The average molecular weight is 298 g/mol. The minimum absolute atomic E-state index is 0.189. The molecule has 0 amide bonds. The zero-order valence-electron chi connectivity index (χ0n) is 12.8. The van der Waals surface area contributed by atoms with Crippen LogP contribution in [0.25, 0.3) is 0 Å². The van der Waals surface area contributed by atoms with Gasteiger partial charge in [0.1, 0.15) is 31.0 Å². The maximum Gasteiger partial charge on any atom is 0.190 e. The molecule has 5 atom stereocenters. The minimum Gasteiger partial charge on any atom is -0.360 e. The fraction of sp³-hybridized carbons (Fsp3) is 0.867. The summed E-state index contributed by atoms with van der Waals surface area (Å²) in [5, 5.41) is 0. The van der Waals surface area contributed by atoms with Crippen LogP contribution >= 0.6 is 0 Å². The second-order valence-electron chi connectivity index (χ2n) is 6.42. The Morgan fingerprint density at radius 1 is 1.10 bits per heavy atom. The first-order valence-corrected chi connectivity index (χ1v) is 7.19. The van der Waals surface area contributed by atoms with Crippen molar-refractivity contribution in [2.45, 2.75) is 70.0 Å². The first-order chi connectivity index (χ1) is 9.81. The van der Waals surface area contributed by atoms with Crippen molar-refractivity contribution in [3.05, 3.63) is 0 Å². The second kappa shape index (κ2) is 5.20. The van der Waals surface area contributed by atoms with Crippen LogP contribution in [0.1, 0.15) is 27.7 Å². The van der Waals surface area contributed by atoms with E-state index in [0.717, 1.165) is 0 Å². The first-order valence-electron chi connectivity index (χ1n) is 7.19. The molecule has 6 heteroatoms. The lowest BCUT2D eigenvalue weighted by Gasteiger charge is -2.28. The van der Waals surface area contributed by atoms with Crippen molar-refractivity contribution in [1.29, 1.82) is 0 Å². The Balaban J connectivity index is 1.74. The van der Waals surface area contributed by atoms with Gasteiger partial charge in [0.05, 0.1) is 6.61 Å². The Bertz CT molecular complexity index is 440. The molecule has 0 N–H and O–H groups in total. The number of hydrogen-bond acceptors (Lipinski definition) is 6. The standard InChI is InChI=1S/C15H22O6/c1-6-7-16-11-10(9-8-17-14(2,3)19-9)18-13-12(11)20-15(4,5)21-13/h1,9-13H,7-8H2,2-5H3/t9-,10-,11-,12-,13-/m1/s1. The van der Waals surface area contributed by atoms with Crippen molar-refractivity contribution in [3.63, 3.8) is 0 Å². The first kappa shape index (κ1) is 15.2. The molecule has 3 fully saturated rings. The molecular formula is C15H22O6. The molecule has 3 rings (SSSR count). The highest BCUT2D eigenvalue weighted by molar-refractivity contribution is 4.99. The predicted molar refractivity (Wildman–Crippen MR) is 72.2 cm³/mol. The number of rotatable bonds is 3. The van der Waals surface area contributed by atoms with Crippen molar-refractivity contribution >= 4 is 0 Å². The van der Waals surface area contributed by atoms with Crippen molar-refractivity contribution in [3.8, 4) is 12.3 Å². The predicted octanol–water partition coefficient (Wildman–Crippen LogP) is 1.03. The molecule has 3 aliphatic heterocycles. The van der Waals surface area contributed by atoms with Gasteiger partial charge < -0.3 is 28.4 Å². The van der Waals surface area contributed by atoms with E-state index in [1.165, 1.54) is 0 Å². The van der Waals surface area contributed by atoms with Crippen LogP contribution in [0.3, 0.4) is 0 Å². The van der Waals surface area contributed by atoms with Crippen molar-refractivity contribution < 1.29 is 28.4 Å². The van der Waals surface area contributed by atoms with Crippen LogP contribution in [-0.4, -0.2) is 55.5 Å². The van der Waals surface area contributed by atoms with Gasteiger partial charge in [-0.1, -0.05) is 5.92 Å². The number of hydrogen-bond donors (Lipinski definition) is 0. The van der Waals surface area contributed by atoms with Gasteiger partial charge in [0, 0.05) is 0 Å². The molecule has 0 saturated carbocycles. The Morgan fingerprint density at radius 3 is 2.48 bits per heavy atom. The third kappa shape index (κ3) is 2.95. The number of ether oxygens (including phenoxy) is 6. The Kier molecular flexibility index (Phi) is 3.77. The summed E-state index contributed by atoms with van der Waals surface area (Å²) in [4.78, 5) is 0. The molecule has 3 aliphatic rings.